The summed E-state index contributed by atoms with van der Waals surface area (Å²) in [6.45, 7) is 5.30. The Bertz CT molecular complexity index is 572. The maximum absolute atomic E-state index is 5.01. The Morgan fingerprint density at radius 1 is 1.10 bits per heavy atom. The zero-order valence-electron chi connectivity index (χ0n) is 12.1. The SMILES string of the molecule is COCCNc1cc(Nc2cccc(C)c2)nc(C)n1. The topological polar surface area (TPSA) is 59.1 Å². The number of nitrogens with zero attached hydrogens (tertiary/aromatic N) is 2. The fourth-order valence-corrected chi connectivity index (χ4v) is 1.87. The highest BCUT2D eigenvalue weighted by molar-refractivity contribution is 5.59. The zero-order chi connectivity index (χ0) is 14.4. The van der Waals surface area contributed by atoms with Crippen LogP contribution in [0.15, 0.2) is 30.3 Å². The van der Waals surface area contributed by atoms with Gasteiger partial charge in [-0.05, 0) is 31.5 Å². The van der Waals surface area contributed by atoms with Crippen molar-refractivity contribution in [2.75, 3.05) is 30.9 Å². The van der Waals surface area contributed by atoms with Crippen LogP contribution in [0.1, 0.15) is 11.4 Å². The van der Waals surface area contributed by atoms with Crippen LogP contribution in [0, 0.1) is 13.8 Å². The third kappa shape index (κ3) is 4.20. The predicted molar refractivity (Wildman–Crippen MR) is 81.6 cm³/mol. The van der Waals surface area contributed by atoms with Gasteiger partial charge in [-0.1, -0.05) is 12.1 Å². The number of ether oxygens (including phenoxy) is 1. The molecule has 20 heavy (non-hydrogen) atoms. The highest BCUT2D eigenvalue weighted by Gasteiger charge is 2.02. The molecule has 106 valence electrons. The highest BCUT2D eigenvalue weighted by atomic mass is 16.5. The molecule has 0 saturated carbocycles. The summed E-state index contributed by atoms with van der Waals surface area (Å²) < 4.78 is 5.01. The van der Waals surface area contributed by atoms with Gasteiger partial charge in [-0.15, -0.1) is 0 Å². The van der Waals surface area contributed by atoms with E-state index in [2.05, 4.69) is 39.7 Å². The van der Waals surface area contributed by atoms with Crippen molar-refractivity contribution in [2.45, 2.75) is 13.8 Å². The van der Waals surface area contributed by atoms with Crippen LogP contribution in [0.3, 0.4) is 0 Å². The second-order valence-corrected chi connectivity index (χ2v) is 4.60. The third-order valence-corrected chi connectivity index (χ3v) is 2.74. The van der Waals surface area contributed by atoms with E-state index in [0.29, 0.717) is 6.61 Å². The molecular weight excluding hydrogens is 252 g/mol. The first kappa shape index (κ1) is 14.3. The van der Waals surface area contributed by atoms with E-state index in [0.717, 1.165) is 29.7 Å². The van der Waals surface area contributed by atoms with Crippen molar-refractivity contribution in [1.82, 2.24) is 9.97 Å². The second kappa shape index (κ2) is 6.86. The van der Waals surface area contributed by atoms with Crippen LogP contribution in [0.2, 0.25) is 0 Å². The molecule has 0 fully saturated rings. The maximum Gasteiger partial charge on any atom is 0.136 e. The first-order valence-corrected chi connectivity index (χ1v) is 6.59. The molecule has 0 radical (unpaired) electrons. The third-order valence-electron chi connectivity index (χ3n) is 2.74. The molecule has 5 nitrogen and oxygen atoms in total. The van der Waals surface area contributed by atoms with E-state index in [-0.39, 0.29) is 0 Å². The fraction of sp³-hybridized carbons (Fsp3) is 0.333. The molecule has 0 bridgehead atoms. The van der Waals surface area contributed by atoms with Crippen molar-refractivity contribution < 1.29 is 4.74 Å². The summed E-state index contributed by atoms with van der Waals surface area (Å²) in [7, 11) is 1.68. The first-order valence-electron chi connectivity index (χ1n) is 6.59. The Morgan fingerprint density at radius 2 is 1.90 bits per heavy atom. The van der Waals surface area contributed by atoms with Crippen molar-refractivity contribution in [3.8, 4) is 0 Å². The molecule has 0 amide bonds. The monoisotopic (exact) mass is 272 g/mol. The minimum absolute atomic E-state index is 0.643. The summed E-state index contributed by atoms with van der Waals surface area (Å²) in [4.78, 5) is 8.74. The lowest BCUT2D eigenvalue weighted by atomic mass is 10.2. The number of aryl methyl sites for hydroxylation is 2. The number of hydrogen-bond acceptors (Lipinski definition) is 5. The Hall–Kier alpha value is -2.14. The van der Waals surface area contributed by atoms with E-state index < -0.39 is 0 Å². The van der Waals surface area contributed by atoms with Crippen LogP contribution in [-0.2, 0) is 4.74 Å². The van der Waals surface area contributed by atoms with Gasteiger partial charge in [0.15, 0.2) is 0 Å². The lowest BCUT2D eigenvalue weighted by Gasteiger charge is -2.10. The van der Waals surface area contributed by atoms with Gasteiger partial charge >= 0.3 is 0 Å². The Kier molecular flexibility index (Phi) is 4.90. The largest absolute Gasteiger partial charge is 0.383 e. The van der Waals surface area contributed by atoms with Crippen molar-refractivity contribution in [3.05, 3.63) is 41.7 Å². The lowest BCUT2D eigenvalue weighted by molar-refractivity contribution is 0.210. The average molecular weight is 272 g/mol. The first-order chi connectivity index (χ1) is 9.67. The summed E-state index contributed by atoms with van der Waals surface area (Å²) >= 11 is 0. The number of benzene rings is 1. The van der Waals surface area contributed by atoms with Crippen LogP contribution >= 0.6 is 0 Å². The molecule has 0 spiro atoms. The number of anilines is 3. The van der Waals surface area contributed by atoms with E-state index in [4.69, 9.17) is 4.74 Å². The molecule has 1 aromatic heterocycles. The van der Waals surface area contributed by atoms with Gasteiger partial charge in [0, 0.05) is 25.4 Å². The molecule has 0 atom stereocenters. The molecular formula is C15H20N4O. The Balaban J connectivity index is 2.11. The lowest BCUT2D eigenvalue weighted by Crippen LogP contribution is -2.10. The number of methoxy groups -OCH3 is 1. The molecule has 0 saturated heterocycles. The summed E-state index contributed by atoms with van der Waals surface area (Å²) in [5.41, 5.74) is 2.23. The standard InChI is InChI=1S/C15H20N4O/c1-11-5-4-6-13(9-11)19-15-10-14(16-7-8-20-3)17-12(2)18-15/h4-6,9-10H,7-8H2,1-3H3,(H2,16,17,18,19). The van der Waals surface area contributed by atoms with Gasteiger partial charge in [0.25, 0.3) is 0 Å². The molecule has 0 unspecified atom stereocenters. The minimum atomic E-state index is 0.643. The Labute approximate surface area is 119 Å². The molecule has 2 N–H and O–H groups in total. The highest BCUT2D eigenvalue weighted by Crippen LogP contribution is 2.18. The maximum atomic E-state index is 5.01. The van der Waals surface area contributed by atoms with Crippen molar-refractivity contribution in [1.29, 1.82) is 0 Å². The van der Waals surface area contributed by atoms with Gasteiger partial charge < -0.3 is 15.4 Å². The van der Waals surface area contributed by atoms with Crippen LogP contribution < -0.4 is 10.6 Å². The van der Waals surface area contributed by atoms with Crippen LogP contribution in [0.4, 0.5) is 17.3 Å². The number of rotatable bonds is 6. The molecule has 2 aromatic rings. The van der Waals surface area contributed by atoms with Crippen LogP contribution in [-0.4, -0.2) is 30.2 Å². The molecule has 5 heteroatoms. The average Bonchev–Trinajstić information content (AvgIpc) is 2.38. The summed E-state index contributed by atoms with van der Waals surface area (Å²) in [6.07, 6.45) is 0. The normalized spacial score (nSPS) is 10.3. The van der Waals surface area contributed by atoms with Crippen LogP contribution in [0.25, 0.3) is 0 Å². The van der Waals surface area contributed by atoms with Gasteiger partial charge in [-0.2, -0.15) is 0 Å². The molecule has 0 aliphatic heterocycles. The van der Waals surface area contributed by atoms with Gasteiger partial charge in [0.05, 0.1) is 6.61 Å². The number of hydrogen-bond donors (Lipinski definition) is 2. The summed E-state index contributed by atoms with van der Waals surface area (Å²) in [5.74, 6) is 2.30. The molecule has 0 aliphatic rings. The quantitative estimate of drug-likeness (QED) is 0.792. The van der Waals surface area contributed by atoms with Crippen LogP contribution in [0.5, 0.6) is 0 Å². The predicted octanol–water partition coefficient (Wildman–Crippen LogP) is 2.90. The van der Waals surface area contributed by atoms with Crippen molar-refractivity contribution >= 4 is 17.3 Å². The zero-order valence-corrected chi connectivity index (χ0v) is 12.1. The molecule has 2 rings (SSSR count). The van der Waals surface area contributed by atoms with E-state index in [1.807, 2.05) is 25.1 Å². The minimum Gasteiger partial charge on any atom is -0.383 e. The van der Waals surface area contributed by atoms with Gasteiger partial charge in [0.1, 0.15) is 17.5 Å². The molecule has 0 aliphatic carbocycles. The molecule has 1 aromatic carbocycles. The number of nitrogens with one attached hydrogen (secondary N) is 2. The van der Waals surface area contributed by atoms with Gasteiger partial charge in [0.2, 0.25) is 0 Å². The Morgan fingerprint density at radius 3 is 2.65 bits per heavy atom. The smallest absolute Gasteiger partial charge is 0.136 e. The van der Waals surface area contributed by atoms with Gasteiger partial charge in [-0.3, -0.25) is 0 Å². The number of aromatic nitrogens is 2. The van der Waals surface area contributed by atoms with Crippen molar-refractivity contribution in [3.63, 3.8) is 0 Å². The summed E-state index contributed by atoms with van der Waals surface area (Å²) in [5, 5.41) is 6.50. The van der Waals surface area contributed by atoms with E-state index in [1.165, 1.54) is 5.56 Å². The van der Waals surface area contributed by atoms with Crippen molar-refractivity contribution in [2.24, 2.45) is 0 Å². The molecule has 1 heterocycles. The van der Waals surface area contributed by atoms with E-state index in [9.17, 15) is 0 Å². The fourth-order valence-electron chi connectivity index (χ4n) is 1.87. The second-order valence-electron chi connectivity index (χ2n) is 4.60. The van der Waals surface area contributed by atoms with E-state index in [1.54, 1.807) is 7.11 Å². The van der Waals surface area contributed by atoms with E-state index >= 15 is 0 Å². The summed E-state index contributed by atoms with van der Waals surface area (Å²) in [6, 6.07) is 10.1. The van der Waals surface area contributed by atoms with Gasteiger partial charge in [-0.25, -0.2) is 9.97 Å².